The molecule has 1 aliphatic rings. The summed E-state index contributed by atoms with van der Waals surface area (Å²) in [5, 5.41) is 3.29. The Morgan fingerprint density at radius 1 is 1.13 bits per heavy atom. The highest BCUT2D eigenvalue weighted by molar-refractivity contribution is 5.70. The van der Waals surface area contributed by atoms with E-state index in [0.717, 1.165) is 11.6 Å². The molecule has 3 atom stereocenters. The molecule has 0 radical (unpaired) electrons. The average Bonchev–Trinajstić information content (AvgIpc) is 3.51. The third-order valence-electron chi connectivity index (χ3n) is 7.17. The van der Waals surface area contributed by atoms with Gasteiger partial charge in [-0.05, 0) is 42.6 Å². The second kappa shape index (κ2) is 10.9. The molecule has 2 N–H and O–H groups in total. The molecule has 1 amide bonds. The molecule has 0 bridgehead atoms. The number of carbonyl (C=O) groups is 1. The normalized spacial score (nSPS) is 21.5. The topological polar surface area (TPSA) is 96.0 Å². The first-order valence-corrected chi connectivity index (χ1v) is 12.4. The Morgan fingerprint density at radius 3 is 2.62 bits per heavy atom. The van der Waals surface area contributed by atoms with Gasteiger partial charge in [-0.1, -0.05) is 48.5 Å². The Morgan fingerprint density at radius 2 is 1.95 bits per heavy atom. The summed E-state index contributed by atoms with van der Waals surface area (Å²) in [6.07, 6.45) is 1.42. The van der Waals surface area contributed by atoms with Crippen LogP contribution in [-0.4, -0.2) is 44.5 Å². The third kappa shape index (κ3) is 5.09. The molecule has 11 heteroatoms. The van der Waals surface area contributed by atoms with Gasteiger partial charge < -0.3 is 9.72 Å². The van der Waals surface area contributed by atoms with Crippen LogP contribution in [0.3, 0.4) is 0 Å². The van der Waals surface area contributed by atoms with E-state index in [-0.39, 0.29) is 13.2 Å². The Hall–Kier alpha value is -4.25. The third-order valence-corrected chi connectivity index (χ3v) is 7.17. The first-order chi connectivity index (χ1) is 18.8. The van der Waals surface area contributed by atoms with Gasteiger partial charge >= 0.3 is 12.3 Å². The highest BCUT2D eigenvalue weighted by Crippen LogP contribution is 2.52. The number of aromatic amines is 1. The quantitative estimate of drug-likeness (QED) is 0.352. The summed E-state index contributed by atoms with van der Waals surface area (Å²) in [6.45, 7) is 0.251. The number of imidazole rings is 1. The van der Waals surface area contributed by atoms with Crippen molar-refractivity contribution in [1.29, 1.82) is 0 Å². The van der Waals surface area contributed by atoms with E-state index in [1.807, 2.05) is 30.3 Å². The minimum absolute atomic E-state index is 0.0589. The van der Waals surface area contributed by atoms with E-state index < -0.39 is 35.3 Å². The molecule has 2 aromatic heterocycles. The van der Waals surface area contributed by atoms with E-state index in [2.05, 4.69) is 25.3 Å². The lowest BCUT2D eigenvalue weighted by atomic mass is 9.69. The molecule has 1 fully saturated rings. The van der Waals surface area contributed by atoms with Gasteiger partial charge in [-0.2, -0.15) is 13.2 Å². The Bertz CT molecular complexity index is 1390. The molecule has 8 nitrogen and oxygen atoms in total. The van der Waals surface area contributed by atoms with Crippen LogP contribution in [0.5, 0.6) is 0 Å². The van der Waals surface area contributed by atoms with Crippen LogP contribution in [0.25, 0.3) is 0 Å². The number of hydrogen-bond acceptors (Lipinski definition) is 6. The summed E-state index contributed by atoms with van der Waals surface area (Å²) < 4.78 is 46.8. The maximum Gasteiger partial charge on any atom is 0.416 e. The number of aromatic nitrogens is 4. The number of H-pyrrole nitrogens is 1. The number of likely N-dealkylation sites (N-methyl/N-ethyl adjacent to an activating group) is 1. The molecule has 3 unspecified atom stereocenters. The number of hydrogen-bond donors (Lipinski definition) is 2. The van der Waals surface area contributed by atoms with Crippen molar-refractivity contribution >= 4 is 6.09 Å². The standard InChI is InChI=1S/C28H27F3N6O2/c1-32-27(25-34-13-14-35-25)24(23-10-12-33-18-36-23)22(20-8-5-9-21(16-20)28(29,30)31)11-15-37(27)26(38)39-17-19-6-3-2-4-7-19/h2-10,12-14,16,18,22,24,32H,11,15,17H2,1H3,(H,34,35). The zero-order chi connectivity index (χ0) is 27.5. The fourth-order valence-corrected chi connectivity index (χ4v) is 5.47. The first kappa shape index (κ1) is 26.4. The highest BCUT2D eigenvalue weighted by atomic mass is 19.4. The van der Waals surface area contributed by atoms with Gasteiger partial charge in [0, 0.05) is 25.1 Å². The molecular weight excluding hydrogens is 509 g/mol. The number of rotatable bonds is 6. The van der Waals surface area contributed by atoms with Gasteiger partial charge in [0.2, 0.25) is 0 Å². The molecular formula is C28H27F3N6O2. The maximum atomic E-state index is 13.7. The van der Waals surface area contributed by atoms with E-state index in [1.54, 1.807) is 42.7 Å². The lowest BCUT2D eigenvalue weighted by molar-refractivity contribution is -0.137. The molecule has 39 heavy (non-hydrogen) atoms. The summed E-state index contributed by atoms with van der Waals surface area (Å²) in [5.41, 5.74) is -0.220. The predicted molar refractivity (Wildman–Crippen MR) is 136 cm³/mol. The van der Waals surface area contributed by atoms with E-state index in [4.69, 9.17) is 4.74 Å². The summed E-state index contributed by atoms with van der Waals surface area (Å²) in [6, 6.07) is 16.3. The van der Waals surface area contributed by atoms with Gasteiger partial charge in [0.05, 0.1) is 17.2 Å². The highest BCUT2D eigenvalue weighted by Gasteiger charge is 2.56. The fraction of sp³-hybridized carbons (Fsp3) is 0.286. The minimum Gasteiger partial charge on any atom is -0.444 e. The molecule has 1 aliphatic heterocycles. The van der Waals surface area contributed by atoms with Crippen molar-refractivity contribution in [3.8, 4) is 0 Å². The van der Waals surface area contributed by atoms with Gasteiger partial charge in [-0.25, -0.2) is 19.7 Å². The zero-order valence-electron chi connectivity index (χ0n) is 21.1. The van der Waals surface area contributed by atoms with E-state index in [0.29, 0.717) is 23.5 Å². The van der Waals surface area contributed by atoms with Crippen LogP contribution in [0.2, 0.25) is 0 Å². The zero-order valence-corrected chi connectivity index (χ0v) is 21.1. The second-order valence-electron chi connectivity index (χ2n) is 9.28. The Balaban J connectivity index is 1.62. The van der Waals surface area contributed by atoms with Gasteiger partial charge in [-0.3, -0.25) is 10.2 Å². The molecule has 0 saturated carbocycles. The molecule has 5 rings (SSSR count). The lowest BCUT2D eigenvalue weighted by Gasteiger charge is -2.52. The van der Waals surface area contributed by atoms with E-state index in [1.165, 1.54) is 18.5 Å². The predicted octanol–water partition coefficient (Wildman–Crippen LogP) is 5.20. The summed E-state index contributed by atoms with van der Waals surface area (Å²) >= 11 is 0. The molecule has 2 aromatic carbocycles. The van der Waals surface area contributed by atoms with Crippen LogP contribution in [0, 0.1) is 0 Å². The van der Waals surface area contributed by atoms with Crippen LogP contribution in [0.15, 0.2) is 85.6 Å². The van der Waals surface area contributed by atoms with Crippen molar-refractivity contribution in [3.05, 3.63) is 114 Å². The Kier molecular flexibility index (Phi) is 7.34. The summed E-state index contributed by atoms with van der Waals surface area (Å²) in [4.78, 5) is 31.4. The van der Waals surface area contributed by atoms with Crippen molar-refractivity contribution < 1.29 is 22.7 Å². The number of ether oxygens (including phenoxy) is 1. The minimum atomic E-state index is -4.50. The van der Waals surface area contributed by atoms with Crippen molar-refractivity contribution in [2.45, 2.75) is 36.7 Å². The lowest BCUT2D eigenvalue weighted by Crippen LogP contribution is -2.65. The number of nitrogens with zero attached hydrogens (tertiary/aromatic N) is 4. The number of amides is 1. The SMILES string of the molecule is CNC1(c2ncc[nH]2)C(c2ccncn2)C(c2cccc(C(F)(F)F)c2)CCN1C(=O)OCc1ccccc1. The van der Waals surface area contributed by atoms with Crippen LogP contribution in [0.4, 0.5) is 18.0 Å². The number of benzene rings is 2. The molecule has 3 heterocycles. The van der Waals surface area contributed by atoms with Crippen molar-refractivity contribution in [2.24, 2.45) is 0 Å². The smallest absolute Gasteiger partial charge is 0.416 e. The molecule has 4 aromatic rings. The fourth-order valence-electron chi connectivity index (χ4n) is 5.47. The average molecular weight is 537 g/mol. The molecule has 202 valence electrons. The van der Waals surface area contributed by atoms with E-state index >= 15 is 0 Å². The van der Waals surface area contributed by atoms with Crippen LogP contribution in [0.1, 0.15) is 46.5 Å². The van der Waals surface area contributed by atoms with Crippen molar-refractivity contribution in [3.63, 3.8) is 0 Å². The number of carbonyl (C=O) groups excluding carboxylic acids is 1. The largest absolute Gasteiger partial charge is 0.444 e. The van der Waals surface area contributed by atoms with Gasteiger partial charge in [-0.15, -0.1) is 0 Å². The van der Waals surface area contributed by atoms with E-state index in [9.17, 15) is 18.0 Å². The number of alkyl halides is 3. The number of piperidine rings is 1. The van der Waals surface area contributed by atoms with Crippen LogP contribution >= 0.6 is 0 Å². The van der Waals surface area contributed by atoms with Crippen LogP contribution in [-0.2, 0) is 23.2 Å². The van der Waals surface area contributed by atoms with Gasteiger partial charge in [0.1, 0.15) is 18.8 Å². The number of likely N-dealkylation sites (tertiary alicyclic amines) is 1. The van der Waals surface area contributed by atoms with Crippen molar-refractivity contribution in [1.82, 2.24) is 30.2 Å². The second-order valence-corrected chi connectivity index (χ2v) is 9.28. The molecule has 1 saturated heterocycles. The van der Waals surface area contributed by atoms with Crippen LogP contribution < -0.4 is 5.32 Å². The Labute approximate surface area is 223 Å². The number of nitrogens with one attached hydrogen (secondary N) is 2. The van der Waals surface area contributed by atoms with Gasteiger partial charge in [0.15, 0.2) is 5.66 Å². The first-order valence-electron chi connectivity index (χ1n) is 12.4. The summed E-state index contributed by atoms with van der Waals surface area (Å²) in [5.74, 6) is -0.710. The maximum absolute atomic E-state index is 13.7. The monoisotopic (exact) mass is 536 g/mol. The number of halogens is 3. The summed E-state index contributed by atoms with van der Waals surface area (Å²) in [7, 11) is 1.68. The molecule has 0 aliphatic carbocycles. The van der Waals surface area contributed by atoms with Crippen molar-refractivity contribution in [2.75, 3.05) is 13.6 Å². The van der Waals surface area contributed by atoms with Gasteiger partial charge in [0.25, 0.3) is 0 Å². The molecule has 0 spiro atoms.